The monoisotopic (exact) mass is 225 g/mol. The van der Waals surface area contributed by atoms with Crippen LogP contribution in [0.2, 0.25) is 0 Å². The van der Waals surface area contributed by atoms with Gasteiger partial charge in [-0.3, -0.25) is 0 Å². The highest BCUT2D eigenvalue weighted by Gasteiger charge is 2.20. The first-order chi connectivity index (χ1) is 7.50. The molecule has 0 heterocycles. The Morgan fingerprint density at radius 1 is 1.44 bits per heavy atom. The molecule has 2 nitrogen and oxygen atoms in total. The molecule has 0 fully saturated rings. The van der Waals surface area contributed by atoms with E-state index in [0.717, 1.165) is 17.7 Å². The Morgan fingerprint density at radius 3 is 2.62 bits per heavy atom. The highest BCUT2D eigenvalue weighted by Crippen LogP contribution is 2.22. The molecule has 0 bridgehead atoms. The third-order valence-electron chi connectivity index (χ3n) is 3.13. The largest absolute Gasteiger partial charge is 0.396 e. The van der Waals surface area contributed by atoms with Crippen LogP contribution in [0.1, 0.15) is 25.8 Å². The van der Waals surface area contributed by atoms with Crippen LogP contribution in [0, 0.1) is 18.2 Å². The van der Waals surface area contributed by atoms with Gasteiger partial charge in [0.2, 0.25) is 0 Å². The zero-order chi connectivity index (χ0) is 12.2. The predicted molar refractivity (Wildman–Crippen MR) is 65.1 cm³/mol. The van der Waals surface area contributed by atoms with Crippen molar-refractivity contribution in [2.45, 2.75) is 27.2 Å². The molecule has 1 unspecified atom stereocenters. The number of rotatable bonds is 5. The number of hydrogen-bond donors (Lipinski definition) is 2. The van der Waals surface area contributed by atoms with Crippen molar-refractivity contribution in [1.29, 1.82) is 0 Å². The molecule has 1 rings (SSSR count). The number of benzene rings is 1. The maximum absolute atomic E-state index is 12.9. The summed E-state index contributed by atoms with van der Waals surface area (Å²) in [6, 6.07) is 4.68. The van der Waals surface area contributed by atoms with E-state index >= 15 is 0 Å². The van der Waals surface area contributed by atoms with Crippen LogP contribution in [0.25, 0.3) is 0 Å². The minimum absolute atomic E-state index is 0.124. The van der Waals surface area contributed by atoms with E-state index < -0.39 is 0 Å². The molecule has 0 radical (unpaired) electrons. The molecule has 2 N–H and O–H groups in total. The molecule has 0 aliphatic carbocycles. The molecule has 1 aromatic carbocycles. The van der Waals surface area contributed by atoms with Crippen molar-refractivity contribution in [3.63, 3.8) is 0 Å². The number of hydrogen-bond acceptors (Lipinski definition) is 2. The fourth-order valence-electron chi connectivity index (χ4n) is 1.43. The third kappa shape index (κ3) is 3.20. The summed E-state index contributed by atoms with van der Waals surface area (Å²) in [6.07, 6.45) is 0.900. The molecule has 16 heavy (non-hydrogen) atoms. The molecule has 0 saturated carbocycles. The van der Waals surface area contributed by atoms with Gasteiger partial charge in [-0.25, -0.2) is 4.39 Å². The van der Waals surface area contributed by atoms with Crippen LogP contribution in [0.15, 0.2) is 18.2 Å². The SMILES string of the molecule is CCC(C)(CO)CNc1ccc(F)cc1C. The van der Waals surface area contributed by atoms with Crippen LogP contribution >= 0.6 is 0 Å². The van der Waals surface area contributed by atoms with Gasteiger partial charge in [-0.2, -0.15) is 0 Å². The Bertz CT molecular complexity index is 348. The van der Waals surface area contributed by atoms with Gasteiger partial charge in [-0.05, 0) is 37.1 Å². The first-order valence-corrected chi connectivity index (χ1v) is 5.61. The Morgan fingerprint density at radius 2 is 2.12 bits per heavy atom. The van der Waals surface area contributed by atoms with E-state index in [1.807, 2.05) is 13.8 Å². The van der Waals surface area contributed by atoms with Gasteiger partial charge in [0.1, 0.15) is 5.82 Å². The second kappa shape index (κ2) is 5.30. The zero-order valence-electron chi connectivity index (χ0n) is 10.2. The molecule has 0 amide bonds. The normalized spacial score (nSPS) is 14.6. The Balaban J connectivity index is 2.67. The third-order valence-corrected chi connectivity index (χ3v) is 3.13. The number of anilines is 1. The molecule has 0 spiro atoms. The summed E-state index contributed by atoms with van der Waals surface area (Å²) >= 11 is 0. The van der Waals surface area contributed by atoms with Crippen LogP contribution in [-0.2, 0) is 0 Å². The lowest BCUT2D eigenvalue weighted by Crippen LogP contribution is -2.29. The van der Waals surface area contributed by atoms with Gasteiger partial charge >= 0.3 is 0 Å². The molecular formula is C13H20FNO. The highest BCUT2D eigenvalue weighted by atomic mass is 19.1. The smallest absolute Gasteiger partial charge is 0.123 e. The van der Waals surface area contributed by atoms with Crippen LogP contribution in [0.3, 0.4) is 0 Å². The summed E-state index contributed by atoms with van der Waals surface area (Å²) in [5, 5.41) is 12.5. The van der Waals surface area contributed by atoms with E-state index in [9.17, 15) is 9.50 Å². The number of aliphatic hydroxyl groups excluding tert-OH is 1. The van der Waals surface area contributed by atoms with Crippen LogP contribution < -0.4 is 5.32 Å². The fourth-order valence-corrected chi connectivity index (χ4v) is 1.43. The van der Waals surface area contributed by atoms with E-state index in [1.165, 1.54) is 12.1 Å². The molecule has 90 valence electrons. The number of nitrogens with one attached hydrogen (secondary N) is 1. The molecule has 3 heteroatoms. The van der Waals surface area contributed by atoms with E-state index in [0.29, 0.717) is 6.54 Å². The molecule has 1 atom stereocenters. The van der Waals surface area contributed by atoms with Gasteiger partial charge in [0.25, 0.3) is 0 Å². The quantitative estimate of drug-likeness (QED) is 0.807. The average Bonchev–Trinajstić information content (AvgIpc) is 2.27. The number of aliphatic hydroxyl groups is 1. The standard InChI is InChI=1S/C13H20FNO/c1-4-13(3,9-16)8-15-12-6-5-11(14)7-10(12)2/h5-7,15-16H,4,8-9H2,1-3H3. The molecule has 0 aliphatic rings. The Kier molecular flexibility index (Phi) is 4.30. The van der Waals surface area contributed by atoms with Crippen molar-refractivity contribution >= 4 is 5.69 Å². The van der Waals surface area contributed by atoms with Crippen molar-refractivity contribution in [2.75, 3.05) is 18.5 Å². The van der Waals surface area contributed by atoms with Gasteiger partial charge in [0, 0.05) is 17.6 Å². The maximum atomic E-state index is 12.9. The number of halogens is 1. The van der Waals surface area contributed by atoms with Crippen molar-refractivity contribution in [3.05, 3.63) is 29.6 Å². The molecule has 0 aromatic heterocycles. The molecule has 0 saturated heterocycles. The first kappa shape index (κ1) is 13.0. The van der Waals surface area contributed by atoms with Crippen molar-refractivity contribution < 1.29 is 9.50 Å². The average molecular weight is 225 g/mol. The fraction of sp³-hybridized carbons (Fsp3) is 0.538. The van der Waals surface area contributed by atoms with Gasteiger partial charge in [0.15, 0.2) is 0 Å². The van der Waals surface area contributed by atoms with Gasteiger partial charge in [-0.15, -0.1) is 0 Å². The first-order valence-electron chi connectivity index (χ1n) is 5.61. The summed E-state index contributed by atoms with van der Waals surface area (Å²) in [5.41, 5.74) is 1.69. The van der Waals surface area contributed by atoms with Crippen LogP contribution in [-0.4, -0.2) is 18.3 Å². The molecular weight excluding hydrogens is 205 g/mol. The molecule has 0 aliphatic heterocycles. The van der Waals surface area contributed by atoms with Gasteiger partial charge in [0.05, 0.1) is 6.61 Å². The summed E-state index contributed by atoms with van der Waals surface area (Å²) in [7, 11) is 0. The predicted octanol–water partition coefficient (Wildman–Crippen LogP) is 2.95. The minimum Gasteiger partial charge on any atom is -0.396 e. The van der Waals surface area contributed by atoms with Crippen LogP contribution in [0.5, 0.6) is 0 Å². The van der Waals surface area contributed by atoms with Crippen LogP contribution in [0.4, 0.5) is 10.1 Å². The highest BCUT2D eigenvalue weighted by molar-refractivity contribution is 5.50. The summed E-state index contributed by atoms with van der Waals surface area (Å²) in [5.74, 6) is -0.219. The lowest BCUT2D eigenvalue weighted by atomic mass is 9.88. The van der Waals surface area contributed by atoms with Gasteiger partial charge < -0.3 is 10.4 Å². The van der Waals surface area contributed by atoms with E-state index in [4.69, 9.17) is 0 Å². The maximum Gasteiger partial charge on any atom is 0.123 e. The lowest BCUT2D eigenvalue weighted by Gasteiger charge is -2.26. The Labute approximate surface area is 96.5 Å². The topological polar surface area (TPSA) is 32.3 Å². The van der Waals surface area contributed by atoms with Crippen molar-refractivity contribution in [3.8, 4) is 0 Å². The zero-order valence-corrected chi connectivity index (χ0v) is 10.2. The van der Waals surface area contributed by atoms with Gasteiger partial charge in [-0.1, -0.05) is 13.8 Å². The minimum atomic E-state index is -0.219. The summed E-state index contributed by atoms with van der Waals surface area (Å²) in [6.45, 7) is 6.78. The molecule has 1 aromatic rings. The van der Waals surface area contributed by atoms with Crippen molar-refractivity contribution in [1.82, 2.24) is 0 Å². The second-order valence-corrected chi connectivity index (χ2v) is 4.64. The van der Waals surface area contributed by atoms with Crippen molar-refractivity contribution in [2.24, 2.45) is 5.41 Å². The van der Waals surface area contributed by atoms with E-state index in [1.54, 1.807) is 6.07 Å². The summed E-state index contributed by atoms with van der Waals surface area (Å²) in [4.78, 5) is 0. The van der Waals surface area contributed by atoms with E-state index in [2.05, 4.69) is 12.2 Å². The summed E-state index contributed by atoms with van der Waals surface area (Å²) < 4.78 is 12.9. The number of aryl methyl sites for hydroxylation is 1. The van der Waals surface area contributed by atoms with E-state index in [-0.39, 0.29) is 17.8 Å². The second-order valence-electron chi connectivity index (χ2n) is 4.64. The lowest BCUT2D eigenvalue weighted by molar-refractivity contribution is 0.149. The Hall–Kier alpha value is -1.09.